The lowest BCUT2D eigenvalue weighted by Crippen LogP contribution is -2.11. The van der Waals surface area contributed by atoms with E-state index < -0.39 is 0 Å². The standard InChI is InChI=1S/C12H13N3O3/c1-15-7-9(6-13-15)14-12(17)8-3-4-11(18-2)10(16)5-8/h3-7,16H,1-2H3,(H,14,17). The highest BCUT2D eigenvalue weighted by Gasteiger charge is 2.10. The summed E-state index contributed by atoms with van der Waals surface area (Å²) in [6, 6.07) is 4.46. The molecule has 2 rings (SSSR count). The van der Waals surface area contributed by atoms with Crippen LogP contribution in [0, 0.1) is 0 Å². The first kappa shape index (κ1) is 12.0. The molecule has 0 unspecified atom stereocenters. The number of ether oxygens (including phenoxy) is 1. The van der Waals surface area contributed by atoms with Crippen molar-refractivity contribution >= 4 is 11.6 Å². The fourth-order valence-corrected chi connectivity index (χ4v) is 1.52. The van der Waals surface area contributed by atoms with Crippen molar-refractivity contribution in [2.75, 3.05) is 12.4 Å². The Hall–Kier alpha value is -2.50. The maximum Gasteiger partial charge on any atom is 0.255 e. The van der Waals surface area contributed by atoms with Gasteiger partial charge in [0.15, 0.2) is 11.5 Å². The van der Waals surface area contributed by atoms with Crippen LogP contribution in [-0.4, -0.2) is 27.9 Å². The molecule has 0 aliphatic rings. The number of amides is 1. The van der Waals surface area contributed by atoms with E-state index in [0.29, 0.717) is 17.0 Å². The summed E-state index contributed by atoms with van der Waals surface area (Å²) in [7, 11) is 3.21. The van der Waals surface area contributed by atoms with Gasteiger partial charge in [-0.25, -0.2) is 0 Å². The third kappa shape index (κ3) is 2.42. The highest BCUT2D eigenvalue weighted by molar-refractivity contribution is 6.04. The van der Waals surface area contributed by atoms with E-state index in [4.69, 9.17) is 4.74 Å². The van der Waals surface area contributed by atoms with E-state index >= 15 is 0 Å². The van der Waals surface area contributed by atoms with E-state index in [0.717, 1.165) is 0 Å². The molecule has 94 valence electrons. The predicted molar refractivity (Wildman–Crippen MR) is 65.8 cm³/mol. The summed E-state index contributed by atoms with van der Waals surface area (Å²) in [4.78, 5) is 11.9. The third-order valence-corrected chi connectivity index (χ3v) is 2.40. The number of anilines is 1. The van der Waals surface area contributed by atoms with Gasteiger partial charge < -0.3 is 15.2 Å². The van der Waals surface area contributed by atoms with Gasteiger partial charge >= 0.3 is 0 Å². The lowest BCUT2D eigenvalue weighted by molar-refractivity contribution is 0.102. The fourth-order valence-electron chi connectivity index (χ4n) is 1.52. The van der Waals surface area contributed by atoms with Crippen molar-refractivity contribution in [3.05, 3.63) is 36.2 Å². The van der Waals surface area contributed by atoms with E-state index in [2.05, 4.69) is 10.4 Å². The number of benzene rings is 1. The first-order valence-electron chi connectivity index (χ1n) is 5.27. The van der Waals surface area contributed by atoms with Crippen LogP contribution < -0.4 is 10.1 Å². The van der Waals surface area contributed by atoms with Gasteiger partial charge in [0.2, 0.25) is 0 Å². The molecule has 6 heteroatoms. The fraction of sp³-hybridized carbons (Fsp3) is 0.167. The third-order valence-electron chi connectivity index (χ3n) is 2.40. The molecule has 1 aromatic heterocycles. The number of methoxy groups -OCH3 is 1. The second kappa shape index (κ2) is 4.79. The average Bonchev–Trinajstić information content (AvgIpc) is 2.74. The van der Waals surface area contributed by atoms with E-state index in [1.165, 1.54) is 19.2 Å². The van der Waals surface area contributed by atoms with Gasteiger partial charge in [-0.15, -0.1) is 0 Å². The summed E-state index contributed by atoms with van der Waals surface area (Å²) < 4.78 is 6.49. The summed E-state index contributed by atoms with van der Waals surface area (Å²) in [5.74, 6) is -0.0646. The molecule has 6 nitrogen and oxygen atoms in total. The number of carbonyl (C=O) groups is 1. The lowest BCUT2D eigenvalue weighted by Gasteiger charge is -2.06. The van der Waals surface area contributed by atoms with Gasteiger partial charge in [-0.05, 0) is 18.2 Å². The van der Waals surface area contributed by atoms with E-state index in [1.807, 2.05) is 0 Å². The molecule has 0 aliphatic carbocycles. The van der Waals surface area contributed by atoms with Crippen LogP contribution in [0.5, 0.6) is 11.5 Å². The molecular weight excluding hydrogens is 234 g/mol. The van der Waals surface area contributed by atoms with Gasteiger partial charge in [-0.3, -0.25) is 9.48 Å². The number of aryl methyl sites for hydroxylation is 1. The maximum absolute atomic E-state index is 11.9. The Balaban J connectivity index is 2.16. The first-order chi connectivity index (χ1) is 8.60. The van der Waals surface area contributed by atoms with Gasteiger partial charge in [0.1, 0.15) is 0 Å². The van der Waals surface area contributed by atoms with Crippen molar-refractivity contribution in [2.45, 2.75) is 0 Å². The Bertz CT molecular complexity index is 578. The molecule has 0 saturated heterocycles. The molecule has 0 bridgehead atoms. The minimum absolute atomic E-state index is 0.0728. The molecular formula is C12H13N3O3. The van der Waals surface area contributed by atoms with Gasteiger partial charge in [0, 0.05) is 18.8 Å². The molecule has 1 amide bonds. The van der Waals surface area contributed by atoms with Crippen LogP contribution in [0.3, 0.4) is 0 Å². The van der Waals surface area contributed by atoms with Crippen molar-refractivity contribution in [1.29, 1.82) is 0 Å². The number of phenolic OH excluding ortho intramolecular Hbond substituents is 1. The summed E-state index contributed by atoms with van der Waals surface area (Å²) in [5.41, 5.74) is 0.940. The molecule has 0 spiro atoms. The number of phenols is 1. The van der Waals surface area contributed by atoms with Crippen molar-refractivity contribution in [3.63, 3.8) is 0 Å². The van der Waals surface area contributed by atoms with E-state index in [1.54, 1.807) is 30.2 Å². The van der Waals surface area contributed by atoms with Crippen LogP contribution >= 0.6 is 0 Å². The number of rotatable bonds is 3. The Labute approximate surface area is 104 Å². The smallest absolute Gasteiger partial charge is 0.255 e. The number of hydrogen-bond acceptors (Lipinski definition) is 4. The second-order valence-electron chi connectivity index (χ2n) is 3.74. The van der Waals surface area contributed by atoms with Crippen LogP contribution in [0.4, 0.5) is 5.69 Å². The zero-order valence-corrected chi connectivity index (χ0v) is 10.0. The number of aromatic hydroxyl groups is 1. The SMILES string of the molecule is COc1ccc(C(=O)Nc2cnn(C)c2)cc1O. The Morgan fingerprint density at radius 1 is 1.50 bits per heavy atom. The van der Waals surface area contributed by atoms with Gasteiger partial charge in [0.05, 0.1) is 19.0 Å². The molecule has 2 N–H and O–H groups in total. The summed E-state index contributed by atoms with van der Waals surface area (Å²) in [6.45, 7) is 0. The molecule has 0 atom stereocenters. The van der Waals surface area contributed by atoms with Gasteiger partial charge in [0.25, 0.3) is 5.91 Å². The molecule has 18 heavy (non-hydrogen) atoms. The molecule has 2 aromatic rings. The number of carbonyl (C=O) groups excluding carboxylic acids is 1. The first-order valence-corrected chi connectivity index (χ1v) is 5.27. The Morgan fingerprint density at radius 3 is 2.83 bits per heavy atom. The minimum atomic E-state index is -0.319. The van der Waals surface area contributed by atoms with Crippen molar-refractivity contribution in [1.82, 2.24) is 9.78 Å². The zero-order valence-electron chi connectivity index (χ0n) is 10.0. The van der Waals surface area contributed by atoms with Crippen molar-refractivity contribution in [2.24, 2.45) is 7.05 Å². The largest absolute Gasteiger partial charge is 0.504 e. The van der Waals surface area contributed by atoms with Gasteiger partial charge in [-0.1, -0.05) is 0 Å². The van der Waals surface area contributed by atoms with Crippen LogP contribution in [0.1, 0.15) is 10.4 Å². The Morgan fingerprint density at radius 2 is 2.28 bits per heavy atom. The molecule has 1 heterocycles. The highest BCUT2D eigenvalue weighted by Crippen LogP contribution is 2.26. The zero-order chi connectivity index (χ0) is 13.1. The van der Waals surface area contributed by atoms with Crippen LogP contribution in [0.15, 0.2) is 30.6 Å². The van der Waals surface area contributed by atoms with Crippen molar-refractivity contribution in [3.8, 4) is 11.5 Å². The number of nitrogens with zero attached hydrogens (tertiary/aromatic N) is 2. The average molecular weight is 247 g/mol. The number of aromatic nitrogens is 2. The van der Waals surface area contributed by atoms with Gasteiger partial charge in [-0.2, -0.15) is 5.10 Å². The lowest BCUT2D eigenvalue weighted by atomic mass is 10.2. The molecule has 0 saturated carbocycles. The Kier molecular flexibility index (Phi) is 3.18. The number of nitrogens with one attached hydrogen (secondary N) is 1. The second-order valence-corrected chi connectivity index (χ2v) is 3.74. The van der Waals surface area contributed by atoms with Crippen molar-refractivity contribution < 1.29 is 14.6 Å². The van der Waals surface area contributed by atoms with E-state index in [9.17, 15) is 9.90 Å². The molecule has 0 fully saturated rings. The van der Waals surface area contributed by atoms with Crippen LogP contribution in [0.2, 0.25) is 0 Å². The summed E-state index contributed by atoms with van der Waals surface area (Å²) >= 11 is 0. The molecule has 0 radical (unpaired) electrons. The predicted octanol–water partition coefficient (Wildman–Crippen LogP) is 1.39. The van der Waals surface area contributed by atoms with Crippen LogP contribution in [0.25, 0.3) is 0 Å². The topological polar surface area (TPSA) is 76.4 Å². The number of hydrogen-bond donors (Lipinski definition) is 2. The maximum atomic E-state index is 11.9. The monoisotopic (exact) mass is 247 g/mol. The minimum Gasteiger partial charge on any atom is -0.504 e. The van der Waals surface area contributed by atoms with Crippen LogP contribution in [-0.2, 0) is 7.05 Å². The quantitative estimate of drug-likeness (QED) is 0.859. The summed E-state index contributed by atoms with van der Waals surface area (Å²) in [5, 5.41) is 16.2. The molecule has 0 aliphatic heterocycles. The highest BCUT2D eigenvalue weighted by atomic mass is 16.5. The molecule has 1 aromatic carbocycles. The van der Waals surface area contributed by atoms with E-state index in [-0.39, 0.29) is 11.7 Å². The normalized spacial score (nSPS) is 10.1. The summed E-state index contributed by atoms with van der Waals surface area (Å²) in [6.07, 6.45) is 3.22.